The zero-order valence-corrected chi connectivity index (χ0v) is 14.6. The zero-order chi connectivity index (χ0) is 18.0. The summed E-state index contributed by atoms with van der Waals surface area (Å²) in [6.07, 6.45) is 1.25. The Morgan fingerprint density at radius 3 is 2.52 bits per heavy atom. The third-order valence-electron chi connectivity index (χ3n) is 4.02. The zero-order valence-electron chi connectivity index (χ0n) is 13.1. The second-order valence-corrected chi connectivity index (χ2v) is 6.69. The minimum absolute atomic E-state index is 0.227. The monoisotopic (exact) mass is 380 g/mol. The van der Waals surface area contributed by atoms with Crippen molar-refractivity contribution in [2.24, 2.45) is 0 Å². The molecule has 2 amide bonds. The Morgan fingerprint density at radius 1 is 1.12 bits per heavy atom. The Kier molecular flexibility index (Phi) is 5.25. The van der Waals surface area contributed by atoms with Crippen LogP contribution >= 0.6 is 23.2 Å². The highest BCUT2D eigenvalue weighted by atomic mass is 35.5. The number of rotatable bonds is 3. The van der Waals surface area contributed by atoms with Gasteiger partial charge in [-0.25, -0.2) is 4.39 Å². The Morgan fingerprint density at radius 2 is 1.84 bits per heavy atom. The van der Waals surface area contributed by atoms with Crippen LogP contribution in [0, 0.1) is 5.82 Å². The molecule has 1 heterocycles. The van der Waals surface area contributed by atoms with Crippen molar-refractivity contribution in [2.75, 3.05) is 11.9 Å². The maximum atomic E-state index is 13.4. The van der Waals surface area contributed by atoms with Crippen LogP contribution in [0.4, 0.5) is 10.1 Å². The minimum Gasteiger partial charge on any atom is -0.327 e. The van der Waals surface area contributed by atoms with Gasteiger partial charge in [0.1, 0.15) is 11.9 Å². The number of benzene rings is 2. The third kappa shape index (κ3) is 4.11. The summed E-state index contributed by atoms with van der Waals surface area (Å²) < 4.78 is 13.4. The predicted octanol–water partition coefficient (Wildman–Crippen LogP) is 4.38. The third-order valence-corrected chi connectivity index (χ3v) is 4.45. The van der Waals surface area contributed by atoms with Gasteiger partial charge < -0.3 is 10.2 Å². The second-order valence-electron chi connectivity index (χ2n) is 5.81. The van der Waals surface area contributed by atoms with Gasteiger partial charge in [0.05, 0.1) is 0 Å². The number of carbonyl (C=O) groups is 2. The highest BCUT2D eigenvalue weighted by Crippen LogP contribution is 2.25. The van der Waals surface area contributed by atoms with Crippen LogP contribution in [-0.4, -0.2) is 29.3 Å². The highest BCUT2D eigenvalue weighted by molar-refractivity contribution is 6.35. The predicted molar refractivity (Wildman–Crippen MR) is 95.6 cm³/mol. The van der Waals surface area contributed by atoms with Crippen LogP contribution in [0.15, 0.2) is 42.5 Å². The molecule has 1 saturated heterocycles. The molecule has 1 aliphatic heterocycles. The van der Waals surface area contributed by atoms with E-state index in [0.29, 0.717) is 35.1 Å². The summed E-state index contributed by atoms with van der Waals surface area (Å²) in [6.45, 7) is 0.448. The van der Waals surface area contributed by atoms with Gasteiger partial charge in [0, 0.05) is 27.8 Å². The van der Waals surface area contributed by atoms with Crippen LogP contribution < -0.4 is 5.32 Å². The fourth-order valence-corrected chi connectivity index (χ4v) is 3.45. The molecule has 2 aromatic carbocycles. The number of carbonyl (C=O) groups excluding carboxylic acids is 2. The summed E-state index contributed by atoms with van der Waals surface area (Å²) in [5.41, 5.74) is 0.693. The summed E-state index contributed by atoms with van der Waals surface area (Å²) >= 11 is 11.9. The summed E-state index contributed by atoms with van der Waals surface area (Å²) in [5.74, 6) is -1.17. The molecule has 7 heteroatoms. The number of halogens is 3. The van der Waals surface area contributed by atoms with Gasteiger partial charge in [0.25, 0.3) is 5.91 Å². The van der Waals surface area contributed by atoms with E-state index in [0.717, 1.165) is 0 Å². The summed E-state index contributed by atoms with van der Waals surface area (Å²) in [4.78, 5) is 26.7. The molecule has 130 valence electrons. The van der Waals surface area contributed by atoms with Crippen LogP contribution in [0.3, 0.4) is 0 Å². The van der Waals surface area contributed by atoms with E-state index in [1.165, 1.54) is 29.2 Å². The fraction of sp³-hybridized carbons (Fsp3) is 0.222. The van der Waals surface area contributed by atoms with Crippen LogP contribution in [0.25, 0.3) is 0 Å². The molecule has 3 rings (SSSR count). The minimum atomic E-state index is -0.617. The smallest absolute Gasteiger partial charge is 0.254 e. The summed E-state index contributed by atoms with van der Waals surface area (Å²) in [5, 5.41) is 3.55. The average Bonchev–Trinajstić information content (AvgIpc) is 3.02. The van der Waals surface area contributed by atoms with Gasteiger partial charge in [-0.05, 0) is 49.2 Å². The fourth-order valence-electron chi connectivity index (χ4n) is 2.92. The topological polar surface area (TPSA) is 49.4 Å². The molecule has 0 aromatic heterocycles. The van der Waals surface area contributed by atoms with Gasteiger partial charge in [-0.15, -0.1) is 0 Å². The molecule has 1 atom stereocenters. The van der Waals surface area contributed by atoms with Crippen LogP contribution in [-0.2, 0) is 4.79 Å². The molecule has 0 bridgehead atoms. The molecular formula is C18H15Cl2FN2O2. The van der Waals surface area contributed by atoms with Crippen molar-refractivity contribution in [3.63, 3.8) is 0 Å². The van der Waals surface area contributed by atoms with E-state index in [-0.39, 0.29) is 17.4 Å². The molecule has 0 aliphatic carbocycles. The van der Waals surface area contributed by atoms with E-state index in [1.54, 1.807) is 18.2 Å². The summed E-state index contributed by atoms with van der Waals surface area (Å²) in [7, 11) is 0. The van der Waals surface area contributed by atoms with Crippen molar-refractivity contribution in [3.05, 3.63) is 63.9 Å². The first-order valence-corrected chi connectivity index (χ1v) is 8.53. The van der Waals surface area contributed by atoms with E-state index in [2.05, 4.69) is 5.32 Å². The molecule has 1 N–H and O–H groups in total. The maximum Gasteiger partial charge on any atom is 0.254 e. The number of likely N-dealkylation sites (tertiary alicyclic amines) is 1. The van der Waals surface area contributed by atoms with E-state index in [4.69, 9.17) is 23.2 Å². The Bertz CT molecular complexity index is 808. The molecule has 1 aliphatic rings. The van der Waals surface area contributed by atoms with Crippen molar-refractivity contribution in [1.29, 1.82) is 0 Å². The van der Waals surface area contributed by atoms with Gasteiger partial charge in [-0.3, -0.25) is 9.59 Å². The van der Waals surface area contributed by atoms with Gasteiger partial charge in [-0.2, -0.15) is 0 Å². The van der Waals surface area contributed by atoms with Crippen molar-refractivity contribution < 1.29 is 14.0 Å². The van der Waals surface area contributed by atoms with Crippen molar-refractivity contribution in [2.45, 2.75) is 18.9 Å². The van der Waals surface area contributed by atoms with Gasteiger partial charge >= 0.3 is 0 Å². The molecule has 2 aromatic rings. The first-order valence-electron chi connectivity index (χ1n) is 7.77. The van der Waals surface area contributed by atoms with Crippen LogP contribution in [0.5, 0.6) is 0 Å². The van der Waals surface area contributed by atoms with Gasteiger partial charge in [-0.1, -0.05) is 29.3 Å². The number of anilines is 1. The van der Waals surface area contributed by atoms with E-state index < -0.39 is 11.9 Å². The Balaban J connectivity index is 1.76. The Hall–Kier alpha value is -2.11. The molecule has 0 saturated carbocycles. The first-order chi connectivity index (χ1) is 11.9. The average molecular weight is 381 g/mol. The number of hydrogen-bond acceptors (Lipinski definition) is 2. The van der Waals surface area contributed by atoms with Crippen LogP contribution in [0.2, 0.25) is 10.0 Å². The number of nitrogens with zero attached hydrogens (tertiary/aromatic N) is 1. The lowest BCUT2D eigenvalue weighted by Gasteiger charge is -2.24. The molecule has 1 unspecified atom stereocenters. The molecule has 0 radical (unpaired) electrons. The van der Waals surface area contributed by atoms with Gasteiger partial charge in [0.15, 0.2) is 0 Å². The van der Waals surface area contributed by atoms with Gasteiger partial charge in [0.2, 0.25) is 5.91 Å². The van der Waals surface area contributed by atoms with E-state index in [1.807, 2.05) is 0 Å². The SMILES string of the molecule is O=C(Nc1cc(Cl)cc(Cl)c1)C1CCCN1C(=O)c1cccc(F)c1. The Labute approximate surface area is 154 Å². The number of amides is 2. The lowest BCUT2D eigenvalue weighted by molar-refractivity contribution is -0.119. The lowest BCUT2D eigenvalue weighted by Crippen LogP contribution is -2.43. The maximum absolute atomic E-state index is 13.4. The van der Waals surface area contributed by atoms with Crippen molar-refractivity contribution in [1.82, 2.24) is 4.90 Å². The van der Waals surface area contributed by atoms with E-state index >= 15 is 0 Å². The van der Waals surface area contributed by atoms with Crippen molar-refractivity contribution >= 4 is 40.7 Å². The lowest BCUT2D eigenvalue weighted by atomic mass is 10.1. The molecule has 0 spiro atoms. The number of hydrogen-bond donors (Lipinski definition) is 1. The highest BCUT2D eigenvalue weighted by Gasteiger charge is 2.34. The first kappa shape index (κ1) is 17.7. The quantitative estimate of drug-likeness (QED) is 0.858. The summed E-state index contributed by atoms with van der Waals surface area (Å²) in [6, 6.07) is 9.57. The van der Waals surface area contributed by atoms with Crippen LogP contribution in [0.1, 0.15) is 23.2 Å². The number of nitrogens with one attached hydrogen (secondary N) is 1. The molecule has 4 nitrogen and oxygen atoms in total. The largest absolute Gasteiger partial charge is 0.327 e. The molecular weight excluding hydrogens is 366 g/mol. The normalized spacial score (nSPS) is 16.8. The molecule has 1 fully saturated rings. The standard InChI is InChI=1S/C18H15Cl2FN2O2/c19-12-8-13(20)10-15(9-12)22-17(24)16-5-2-6-23(16)18(25)11-3-1-4-14(21)7-11/h1,3-4,7-10,16H,2,5-6H2,(H,22,24). The van der Waals surface area contributed by atoms with E-state index in [9.17, 15) is 14.0 Å². The second kappa shape index (κ2) is 7.42. The van der Waals surface area contributed by atoms with Crippen molar-refractivity contribution in [3.8, 4) is 0 Å². The molecule has 25 heavy (non-hydrogen) atoms.